The highest BCUT2D eigenvalue weighted by Gasteiger charge is 2.41. The number of anilines is 1. The van der Waals surface area contributed by atoms with Crippen LogP contribution in [0.2, 0.25) is 5.02 Å². The van der Waals surface area contributed by atoms with Gasteiger partial charge in [0, 0.05) is 6.04 Å². The first-order chi connectivity index (χ1) is 12.4. The summed E-state index contributed by atoms with van der Waals surface area (Å²) >= 11 is 6.81. The fourth-order valence-electron chi connectivity index (χ4n) is 3.82. The van der Waals surface area contributed by atoms with Crippen LogP contribution >= 0.6 is 22.9 Å². The zero-order chi connectivity index (χ0) is 18.3. The van der Waals surface area contributed by atoms with Crippen molar-refractivity contribution in [1.29, 1.82) is 0 Å². The van der Waals surface area contributed by atoms with Gasteiger partial charge in [0.05, 0.1) is 10.6 Å². The number of carbonyl (C=O) groups excluding carboxylic acids is 1. The molecule has 0 spiro atoms. The molecule has 0 radical (unpaired) electrons. The average Bonchev–Trinajstić information content (AvgIpc) is 3.31. The lowest BCUT2D eigenvalue weighted by atomic mass is 9.96. The Morgan fingerprint density at radius 1 is 1.19 bits per heavy atom. The molecule has 2 saturated carbocycles. The van der Waals surface area contributed by atoms with Gasteiger partial charge >= 0.3 is 0 Å². The number of benzene rings is 1. The minimum absolute atomic E-state index is 0.0242. The standard InChI is InChI=1S/C16H17ClN4O3S2/c17-12-4-2-1-3-11(12)14(22)18-15-19-20-16(25-15)26(23,24)21-13-8-9-5-6-10(13)7-9/h1-4,9-10,13,21H,5-8H2,(H,18,19,22)/t9-,10-,13-/m0/s1. The number of hydrogen-bond acceptors (Lipinski definition) is 6. The number of carbonyl (C=O) groups is 1. The third kappa shape index (κ3) is 3.48. The van der Waals surface area contributed by atoms with E-state index in [2.05, 4.69) is 20.2 Å². The van der Waals surface area contributed by atoms with Crippen molar-refractivity contribution in [3.8, 4) is 0 Å². The smallest absolute Gasteiger partial charge is 0.270 e. The molecule has 7 nitrogen and oxygen atoms in total. The first-order valence-corrected chi connectivity index (χ1v) is 11.0. The molecule has 0 aliphatic heterocycles. The summed E-state index contributed by atoms with van der Waals surface area (Å²) in [7, 11) is -3.74. The Morgan fingerprint density at radius 3 is 2.69 bits per heavy atom. The third-order valence-corrected chi connectivity index (χ3v) is 8.05. The van der Waals surface area contributed by atoms with Crippen LogP contribution in [0.25, 0.3) is 0 Å². The highest BCUT2D eigenvalue weighted by atomic mass is 35.5. The van der Waals surface area contributed by atoms with Crippen LogP contribution in [0.1, 0.15) is 36.0 Å². The molecule has 2 aliphatic carbocycles. The maximum atomic E-state index is 12.6. The lowest BCUT2D eigenvalue weighted by Crippen LogP contribution is -2.38. The summed E-state index contributed by atoms with van der Waals surface area (Å²) < 4.78 is 27.7. The molecular weight excluding hydrogens is 396 g/mol. The molecule has 138 valence electrons. The summed E-state index contributed by atoms with van der Waals surface area (Å²) in [5, 5.41) is 10.5. The van der Waals surface area contributed by atoms with Crippen molar-refractivity contribution in [2.45, 2.75) is 36.1 Å². The number of sulfonamides is 1. The molecule has 3 atom stereocenters. The second-order valence-electron chi connectivity index (χ2n) is 6.71. The number of hydrogen-bond donors (Lipinski definition) is 2. The number of nitrogens with zero attached hydrogens (tertiary/aromatic N) is 2. The summed E-state index contributed by atoms with van der Waals surface area (Å²) in [6.07, 6.45) is 4.26. The number of rotatable bonds is 5. The summed E-state index contributed by atoms with van der Waals surface area (Å²) in [5.74, 6) is 0.589. The second kappa shape index (κ2) is 6.88. The molecule has 2 fully saturated rings. The Kier molecular flexibility index (Phi) is 4.72. The van der Waals surface area contributed by atoms with Crippen LogP contribution in [-0.4, -0.2) is 30.6 Å². The van der Waals surface area contributed by atoms with Crippen molar-refractivity contribution in [2.24, 2.45) is 11.8 Å². The fourth-order valence-corrected chi connectivity index (χ4v) is 6.27. The van der Waals surface area contributed by atoms with Gasteiger partial charge in [0.15, 0.2) is 0 Å². The van der Waals surface area contributed by atoms with Crippen LogP contribution in [0, 0.1) is 11.8 Å². The van der Waals surface area contributed by atoms with Crippen molar-refractivity contribution < 1.29 is 13.2 Å². The largest absolute Gasteiger partial charge is 0.296 e. The molecule has 0 unspecified atom stereocenters. The van der Waals surface area contributed by atoms with Crippen LogP contribution in [-0.2, 0) is 10.0 Å². The molecule has 2 aromatic rings. The number of halogens is 1. The Bertz CT molecular complexity index is 946. The maximum absolute atomic E-state index is 12.6. The summed E-state index contributed by atoms with van der Waals surface area (Å²) in [6.45, 7) is 0. The van der Waals surface area contributed by atoms with Crippen molar-refractivity contribution in [1.82, 2.24) is 14.9 Å². The summed E-state index contributed by atoms with van der Waals surface area (Å²) in [4.78, 5) is 12.2. The molecule has 1 amide bonds. The van der Waals surface area contributed by atoms with Gasteiger partial charge in [-0.05, 0) is 43.2 Å². The van der Waals surface area contributed by atoms with E-state index in [4.69, 9.17) is 11.6 Å². The van der Waals surface area contributed by atoms with Gasteiger partial charge in [0.1, 0.15) is 0 Å². The first kappa shape index (κ1) is 17.8. The van der Waals surface area contributed by atoms with Crippen molar-refractivity contribution in [3.05, 3.63) is 34.9 Å². The molecule has 0 saturated heterocycles. The van der Waals surface area contributed by atoms with Crippen LogP contribution in [0.3, 0.4) is 0 Å². The van der Waals surface area contributed by atoms with Crippen LogP contribution < -0.4 is 10.0 Å². The van der Waals surface area contributed by atoms with Gasteiger partial charge in [-0.3, -0.25) is 10.1 Å². The zero-order valence-corrected chi connectivity index (χ0v) is 16.1. The molecule has 1 heterocycles. The highest BCUT2D eigenvalue weighted by Crippen LogP contribution is 2.44. The van der Waals surface area contributed by atoms with E-state index >= 15 is 0 Å². The average molecular weight is 413 g/mol. The van der Waals surface area contributed by atoms with Gasteiger partial charge in [0.2, 0.25) is 9.47 Å². The highest BCUT2D eigenvalue weighted by molar-refractivity contribution is 7.91. The van der Waals surface area contributed by atoms with Crippen LogP contribution in [0.5, 0.6) is 0 Å². The quantitative estimate of drug-likeness (QED) is 0.735. The molecule has 1 aromatic carbocycles. The monoisotopic (exact) mass is 412 g/mol. The normalized spacial score (nSPS) is 24.7. The molecule has 1 aromatic heterocycles. The predicted octanol–water partition coefficient (Wildman–Crippen LogP) is 2.91. The van der Waals surface area contributed by atoms with Crippen molar-refractivity contribution in [2.75, 3.05) is 5.32 Å². The zero-order valence-electron chi connectivity index (χ0n) is 13.7. The lowest BCUT2D eigenvalue weighted by molar-refractivity contribution is 0.102. The Labute approximate surface area is 160 Å². The Hall–Kier alpha value is -1.55. The number of nitrogens with one attached hydrogen (secondary N) is 2. The van der Waals surface area contributed by atoms with E-state index in [0.29, 0.717) is 16.9 Å². The van der Waals surface area contributed by atoms with E-state index in [1.807, 2.05) is 0 Å². The Morgan fingerprint density at radius 2 is 2.00 bits per heavy atom. The van der Waals surface area contributed by atoms with Crippen LogP contribution in [0.4, 0.5) is 5.13 Å². The molecule has 2 aliphatic rings. The number of aromatic nitrogens is 2. The van der Waals surface area contributed by atoms with E-state index < -0.39 is 15.9 Å². The minimum Gasteiger partial charge on any atom is -0.296 e. The predicted molar refractivity (Wildman–Crippen MR) is 98.9 cm³/mol. The van der Waals surface area contributed by atoms with E-state index in [1.165, 1.54) is 6.42 Å². The summed E-state index contributed by atoms with van der Waals surface area (Å²) in [5.41, 5.74) is 0.286. The van der Waals surface area contributed by atoms with Crippen molar-refractivity contribution in [3.63, 3.8) is 0 Å². The minimum atomic E-state index is -3.74. The Balaban J connectivity index is 1.45. The van der Waals surface area contributed by atoms with E-state index in [1.54, 1.807) is 24.3 Å². The molecular formula is C16H17ClN4O3S2. The molecule has 10 heteroatoms. The van der Waals surface area contributed by atoms with E-state index in [-0.39, 0.29) is 21.1 Å². The second-order valence-corrected chi connectivity index (χ2v) is 9.98. The topological polar surface area (TPSA) is 101 Å². The molecule has 26 heavy (non-hydrogen) atoms. The van der Waals surface area contributed by atoms with E-state index in [9.17, 15) is 13.2 Å². The van der Waals surface area contributed by atoms with Gasteiger partial charge in [-0.2, -0.15) is 0 Å². The van der Waals surface area contributed by atoms with Gasteiger partial charge in [-0.1, -0.05) is 41.5 Å². The molecule has 2 bridgehead atoms. The molecule has 4 rings (SSSR count). The summed E-state index contributed by atoms with van der Waals surface area (Å²) in [6, 6.07) is 6.56. The van der Waals surface area contributed by atoms with Crippen LogP contribution in [0.15, 0.2) is 28.6 Å². The number of amides is 1. The number of fused-ring (bicyclic) bond motifs is 2. The van der Waals surface area contributed by atoms with Crippen molar-refractivity contribution >= 4 is 44.0 Å². The molecule has 2 N–H and O–H groups in total. The van der Waals surface area contributed by atoms with Gasteiger partial charge in [-0.15, -0.1) is 10.2 Å². The van der Waals surface area contributed by atoms with Gasteiger partial charge in [0.25, 0.3) is 15.9 Å². The van der Waals surface area contributed by atoms with Gasteiger partial charge < -0.3 is 0 Å². The maximum Gasteiger partial charge on any atom is 0.270 e. The SMILES string of the molecule is O=C(Nc1nnc(S(=O)(=O)N[C@H]2C[C@H]3CC[C@H]2C3)s1)c1ccccc1Cl. The third-order valence-electron chi connectivity index (χ3n) is 5.02. The van der Waals surface area contributed by atoms with E-state index in [0.717, 1.165) is 30.6 Å². The van der Waals surface area contributed by atoms with Gasteiger partial charge in [-0.25, -0.2) is 13.1 Å². The lowest BCUT2D eigenvalue weighted by Gasteiger charge is -2.21. The first-order valence-electron chi connectivity index (χ1n) is 8.34. The fraction of sp³-hybridized carbons (Fsp3) is 0.438.